The molecule has 6 nitrogen and oxygen atoms in total. The van der Waals surface area contributed by atoms with Crippen LogP contribution in [0.1, 0.15) is 37.0 Å². The number of carbonyl (C=O) groups is 2. The summed E-state index contributed by atoms with van der Waals surface area (Å²) >= 11 is 0. The lowest BCUT2D eigenvalue weighted by Crippen LogP contribution is -2.47. The minimum atomic E-state index is -0.722. The van der Waals surface area contributed by atoms with Crippen LogP contribution in [-0.2, 0) is 4.79 Å². The number of amides is 3. The highest BCUT2D eigenvalue weighted by molar-refractivity contribution is 5.86. The molecule has 0 unspecified atom stereocenters. The second-order valence-corrected chi connectivity index (χ2v) is 4.33. The first kappa shape index (κ1) is 14.1. The minimum absolute atomic E-state index is 0.188. The standard InChI is InChI=1S/C12H19N3O3/c1-6-5-10(9(4)18-6)7(2)14-11(16)8(3)15-12(13)17/h5,7-8H,1-4H3,(H,14,16)(H3,13,15,17)/t7-,8-/m1/s1. The van der Waals surface area contributed by atoms with E-state index < -0.39 is 12.1 Å². The molecular formula is C12H19N3O3. The number of nitrogens with two attached hydrogens (primary N) is 1. The second kappa shape index (κ2) is 5.57. The van der Waals surface area contributed by atoms with E-state index >= 15 is 0 Å². The lowest BCUT2D eigenvalue weighted by molar-refractivity contribution is -0.123. The molecule has 0 bridgehead atoms. The Labute approximate surface area is 106 Å². The van der Waals surface area contributed by atoms with Crippen molar-refractivity contribution >= 4 is 11.9 Å². The first-order valence-corrected chi connectivity index (χ1v) is 5.74. The van der Waals surface area contributed by atoms with Gasteiger partial charge in [-0.3, -0.25) is 4.79 Å². The number of furan rings is 1. The van der Waals surface area contributed by atoms with E-state index in [1.807, 2.05) is 26.8 Å². The molecular weight excluding hydrogens is 234 g/mol. The highest BCUT2D eigenvalue weighted by Crippen LogP contribution is 2.21. The first-order chi connectivity index (χ1) is 8.31. The molecule has 0 saturated carbocycles. The molecule has 0 aliphatic heterocycles. The summed E-state index contributed by atoms with van der Waals surface area (Å²) in [6.07, 6.45) is 0. The van der Waals surface area contributed by atoms with Crippen LogP contribution in [0.2, 0.25) is 0 Å². The van der Waals surface area contributed by atoms with Crippen LogP contribution in [-0.4, -0.2) is 18.0 Å². The fraction of sp³-hybridized carbons (Fsp3) is 0.500. The van der Waals surface area contributed by atoms with Crippen LogP contribution >= 0.6 is 0 Å². The van der Waals surface area contributed by atoms with Gasteiger partial charge in [0.2, 0.25) is 5.91 Å². The molecule has 3 amide bonds. The van der Waals surface area contributed by atoms with E-state index in [-0.39, 0.29) is 11.9 Å². The fourth-order valence-electron chi connectivity index (χ4n) is 1.78. The Balaban J connectivity index is 2.64. The van der Waals surface area contributed by atoms with Gasteiger partial charge in [-0.05, 0) is 33.8 Å². The van der Waals surface area contributed by atoms with E-state index in [2.05, 4.69) is 10.6 Å². The average molecular weight is 253 g/mol. The van der Waals surface area contributed by atoms with Crippen molar-refractivity contribution in [3.8, 4) is 0 Å². The summed E-state index contributed by atoms with van der Waals surface area (Å²) in [6, 6.07) is 0.304. The highest BCUT2D eigenvalue weighted by Gasteiger charge is 2.19. The van der Waals surface area contributed by atoms with Crippen LogP contribution in [0.4, 0.5) is 4.79 Å². The van der Waals surface area contributed by atoms with Crippen molar-refractivity contribution < 1.29 is 14.0 Å². The zero-order valence-corrected chi connectivity index (χ0v) is 11.0. The Morgan fingerprint density at radius 2 is 1.89 bits per heavy atom. The lowest BCUT2D eigenvalue weighted by Gasteiger charge is -2.17. The monoisotopic (exact) mass is 253 g/mol. The number of rotatable bonds is 4. The predicted octanol–water partition coefficient (Wildman–Crippen LogP) is 1.13. The maximum absolute atomic E-state index is 11.8. The van der Waals surface area contributed by atoms with E-state index in [0.717, 1.165) is 17.1 Å². The van der Waals surface area contributed by atoms with Crippen LogP contribution in [0.5, 0.6) is 0 Å². The van der Waals surface area contributed by atoms with Crippen molar-refractivity contribution in [2.75, 3.05) is 0 Å². The lowest BCUT2D eigenvalue weighted by atomic mass is 10.1. The van der Waals surface area contributed by atoms with Gasteiger partial charge in [0.25, 0.3) is 0 Å². The topological polar surface area (TPSA) is 97.4 Å². The number of hydrogen-bond donors (Lipinski definition) is 3. The van der Waals surface area contributed by atoms with E-state index in [4.69, 9.17) is 10.2 Å². The average Bonchev–Trinajstić information content (AvgIpc) is 2.56. The summed E-state index contributed by atoms with van der Waals surface area (Å²) < 4.78 is 5.40. The summed E-state index contributed by atoms with van der Waals surface area (Å²) in [7, 11) is 0. The van der Waals surface area contributed by atoms with Crippen LogP contribution in [0.15, 0.2) is 10.5 Å². The van der Waals surface area contributed by atoms with Crippen molar-refractivity contribution in [2.45, 2.75) is 39.8 Å². The van der Waals surface area contributed by atoms with E-state index in [1.54, 1.807) is 6.92 Å². The Morgan fingerprint density at radius 1 is 1.28 bits per heavy atom. The van der Waals surface area contributed by atoms with Gasteiger partial charge in [0.1, 0.15) is 17.6 Å². The smallest absolute Gasteiger partial charge is 0.312 e. The van der Waals surface area contributed by atoms with Crippen LogP contribution in [0.3, 0.4) is 0 Å². The van der Waals surface area contributed by atoms with Crippen molar-refractivity contribution in [2.24, 2.45) is 5.73 Å². The molecule has 0 spiro atoms. The van der Waals surface area contributed by atoms with Gasteiger partial charge in [-0.2, -0.15) is 0 Å². The molecule has 0 radical (unpaired) electrons. The summed E-state index contributed by atoms with van der Waals surface area (Å²) in [4.78, 5) is 22.4. The Bertz CT molecular complexity index is 453. The number of urea groups is 1. The minimum Gasteiger partial charge on any atom is -0.466 e. The molecule has 1 aromatic rings. The Morgan fingerprint density at radius 3 is 2.33 bits per heavy atom. The molecule has 4 N–H and O–H groups in total. The van der Waals surface area contributed by atoms with Crippen LogP contribution in [0, 0.1) is 13.8 Å². The molecule has 6 heteroatoms. The van der Waals surface area contributed by atoms with Gasteiger partial charge in [0.05, 0.1) is 6.04 Å². The zero-order chi connectivity index (χ0) is 13.9. The third-order valence-electron chi connectivity index (χ3n) is 2.66. The molecule has 18 heavy (non-hydrogen) atoms. The molecule has 0 aliphatic rings. The number of hydrogen-bond acceptors (Lipinski definition) is 3. The van der Waals surface area contributed by atoms with Crippen LogP contribution < -0.4 is 16.4 Å². The fourth-order valence-corrected chi connectivity index (χ4v) is 1.78. The third kappa shape index (κ3) is 3.51. The number of carbonyl (C=O) groups excluding carboxylic acids is 2. The van der Waals surface area contributed by atoms with E-state index in [9.17, 15) is 9.59 Å². The Kier molecular flexibility index (Phi) is 4.36. The summed E-state index contributed by atoms with van der Waals surface area (Å²) in [5.74, 6) is 1.28. The quantitative estimate of drug-likeness (QED) is 0.750. The van der Waals surface area contributed by atoms with Crippen molar-refractivity contribution in [3.63, 3.8) is 0 Å². The maximum Gasteiger partial charge on any atom is 0.312 e. The molecule has 0 fully saturated rings. The SMILES string of the molecule is Cc1cc([C@@H](C)NC(=O)[C@@H](C)NC(N)=O)c(C)o1. The van der Waals surface area contributed by atoms with Crippen molar-refractivity contribution in [3.05, 3.63) is 23.2 Å². The maximum atomic E-state index is 11.8. The van der Waals surface area contributed by atoms with Crippen molar-refractivity contribution in [1.82, 2.24) is 10.6 Å². The predicted molar refractivity (Wildman–Crippen MR) is 66.9 cm³/mol. The molecule has 0 aromatic carbocycles. The van der Waals surface area contributed by atoms with Gasteiger partial charge in [0.15, 0.2) is 0 Å². The molecule has 2 atom stereocenters. The molecule has 0 saturated heterocycles. The number of primary amides is 1. The number of nitrogens with one attached hydrogen (secondary N) is 2. The zero-order valence-electron chi connectivity index (χ0n) is 11.0. The molecule has 1 heterocycles. The summed E-state index contributed by atoms with van der Waals surface area (Å²) in [6.45, 7) is 7.12. The van der Waals surface area contributed by atoms with Crippen molar-refractivity contribution in [1.29, 1.82) is 0 Å². The van der Waals surface area contributed by atoms with Gasteiger partial charge in [0, 0.05) is 5.56 Å². The number of aryl methyl sites for hydroxylation is 2. The van der Waals surface area contributed by atoms with Gasteiger partial charge in [-0.25, -0.2) is 4.79 Å². The molecule has 1 aromatic heterocycles. The van der Waals surface area contributed by atoms with Gasteiger partial charge < -0.3 is 20.8 Å². The molecule has 1 rings (SSSR count). The Hall–Kier alpha value is -1.98. The van der Waals surface area contributed by atoms with E-state index in [0.29, 0.717) is 0 Å². The third-order valence-corrected chi connectivity index (χ3v) is 2.66. The van der Waals surface area contributed by atoms with Gasteiger partial charge in [-0.1, -0.05) is 0 Å². The summed E-state index contributed by atoms with van der Waals surface area (Å²) in [5.41, 5.74) is 5.88. The largest absolute Gasteiger partial charge is 0.466 e. The highest BCUT2D eigenvalue weighted by atomic mass is 16.3. The molecule has 100 valence electrons. The van der Waals surface area contributed by atoms with E-state index in [1.165, 1.54) is 0 Å². The van der Waals surface area contributed by atoms with Gasteiger partial charge in [-0.15, -0.1) is 0 Å². The van der Waals surface area contributed by atoms with Gasteiger partial charge >= 0.3 is 6.03 Å². The normalized spacial score (nSPS) is 13.8. The summed E-state index contributed by atoms with van der Waals surface area (Å²) in [5, 5.41) is 5.11. The first-order valence-electron chi connectivity index (χ1n) is 5.74. The van der Waals surface area contributed by atoms with Crippen LogP contribution in [0.25, 0.3) is 0 Å². The molecule has 0 aliphatic carbocycles. The second-order valence-electron chi connectivity index (χ2n) is 4.33.